The Bertz CT molecular complexity index is 1130. The minimum absolute atomic E-state index is 0.165. The predicted molar refractivity (Wildman–Crippen MR) is 125 cm³/mol. The average molecular weight is 471 g/mol. The van der Waals surface area contributed by atoms with Gasteiger partial charge in [-0.25, -0.2) is 0 Å². The fourth-order valence-corrected chi connectivity index (χ4v) is 3.55. The number of carbonyl (C=O) groups is 2. The molecule has 0 spiro atoms. The average Bonchev–Trinajstić information content (AvgIpc) is 2.78. The van der Waals surface area contributed by atoms with E-state index in [9.17, 15) is 9.59 Å². The molecule has 4 rings (SSSR count). The first-order valence-electron chi connectivity index (χ1n) is 9.94. The van der Waals surface area contributed by atoms with Crippen molar-refractivity contribution >= 4 is 46.4 Å². The Morgan fingerprint density at radius 2 is 1.69 bits per heavy atom. The molecule has 1 unspecified atom stereocenters. The smallest absolute Gasteiger partial charge is 0.268 e. The first-order valence-corrected chi connectivity index (χ1v) is 10.7. The molecular weight excluding hydrogens is 451 g/mol. The second-order valence-electron chi connectivity index (χ2n) is 7.28. The third-order valence-corrected chi connectivity index (χ3v) is 5.39. The first kappa shape index (κ1) is 22.0. The third kappa shape index (κ3) is 5.15. The van der Waals surface area contributed by atoms with Crippen LogP contribution in [0.1, 0.15) is 12.5 Å². The summed E-state index contributed by atoms with van der Waals surface area (Å²) in [5.74, 6) is 0.612. The molecule has 0 aromatic heterocycles. The molecule has 32 heavy (non-hydrogen) atoms. The molecule has 0 radical (unpaired) electrons. The van der Waals surface area contributed by atoms with Crippen LogP contribution in [0, 0.1) is 0 Å². The third-order valence-electron chi connectivity index (χ3n) is 4.89. The van der Waals surface area contributed by atoms with Crippen molar-refractivity contribution in [2.24, 2.45) is 0 Å². The van der Waals surface area contributed by atoms with Crippen LogP contribution in [0.2, 0.25) is 10.0 Å². The number of hydrogen-bond donors (Lipinski definition) is 1. The van der Waals surface area contributed by atoms with Crippen LogP contribution in [0.5, 0.6) is 11.5 Å². The molecule has 0 aliphatic carbocycles. The SMILES string of the molecule is CC1Oc2ccc(NC(=O)COc3ccc(Cl)cc3)cc2N(Cc2ccc(Cl)cc2)C1=O. The van der Waals surface area contributed by atoms with E-state index in [-0.39, 0.29) is 18.4 Å². The Hall–Kier alpha value is -3.22. The predicted octanol–water partition coefficient (Wildman–Crippen LogP) is 5.33. The monoisotopic (exact) mass is 470 g/mol. The number of amides is 2. The number of halogens is 2. The maximum Gasteiger partial charge on any atom is 0.268 e. The van der Waals surface area contributed by atoms with Gasteiger partial charge in [-0.2, -0.15) is 0 Å². The van der Waals surface area contributed by atoms with E-state index in [0.29, 0.717) is 39.5 Å². The molecule has 0 fully saturated rings. The minimum Gasteiger partial charge on any atom is -0.484 e. The van der Waals surface area contributed by atoms with Gasteiger partial charge in [0.15, 0.2) is 12.7 Å². The molecule has 1 heterocycles. The molecular formula is C24H20Cl2N2O4. The van der Waals surface area contributed by atoms with Crippen LogP contribution < -0.4 is 19.7 Å². The fourth-order valence-electron chi connectivity index (χ4n) is 3.30. The topological polar surface area (TPSA) is 67.9 Å². The van der Waals surface area contributed by atoms with Gasteiger partial charge in [-0.1, -0.05) is 35.3 Å². The van der Waals surface area contributed by atoms with Crippen molar-refractivity contribution in [1.29, 1.82) is 0 Å². The van der Waals surface area contributed by atoms with Crippen molar-refractivity contribution in [3.05, 3.63) is 82.3 Å². The van der Waals surface area contributed by atoms with Crippen LogP contribution in [0.15, 0.2) is 66.7 Å². The maximum absolute atomic E-state index is 12.8. The van der Waals surface area contributed by atoms with Gasteiger partial charge in [0.05, 0.1) is 12.2 Å². The lowest BCUT2D eigenvalue weighted by atomic mass is 10.1. The molecule has 0 saturated carbocycles. The zero-order valence-electron chi connectivity index (χ0n) is 17.2. The zero-order chi connectivity index (χ0) is 22.7. The molecule has 0 bridgehead atoms. The second kappa shape index (κ2) is 9.51. The van der Waals surface area contributed by atoms with Crippen LogP contribution in [0.3, 0.4) is 0 Å². The summed E-state index contributed by atoms with van der Waals surface area (Å²) in [4.78, 5) is 26.8. The molecule has 164 valence electrons. The number of anilines is 2. The highest BCUT2D eigenvalue weighted by Gasteiger charge is 2.31. The second-order valence-corrected chi connectivity index (χ2v) is 8.16. The summed E-state index contributed by atoms with van der Waals surface area (Å²) in [6, 6.07) is 19.2. The summed E-state index contributed by atoms with van der Waals surface area (Å²) in [6.07, 6.45) is -0.608. The fraction of sp³-hybridized carbons (Fsp3) is 0.167. The van der Waals surface area contributed by atoms with Crippen molar-refractivity contribution in [1.82, 2.24) is 0 Å². The van der Waals surface area contributed by atoms with Crippen molar-refractivity contribution in [3.8, 4) is 11.5 Å². The number of benzene rings is 3. The van der Waals surface area contributed by atoms with E-state index < -0.39 is 6.10 Å². The largest absolute Gasteiger partial charge is 0.484 e. The number of carbonyl (C=O) groups excluding carboxylic acids is 2. The Morgan fingerprint density at radius 1 is 1.03 bits per heavy atom. The van der Waals surface area contributed by atoms with Crippen molar-refractivity contribution < 1.29 is 19.1 Å². The Balaban J connectivity index is 1.49. The Kier molecular flexibility index (Phi) is 6.53. The van der Waals surface area contributed by atoms with Crippen molar-refractivity contribution in [2.45, 2.75) is 19.6 Å². The van der Waals surface area contributed by atoms with E-state index >= 15 is 0 Å². The van der Waals surface area contributed by atoms with Gasteiger partial charge in [0, 0.05) is 15.7 Å². The van der Waals surface area contributed by atoms with Gasteiger partial charge in [-0.05, 0) is 67.1 Å². The van der Waals surface area contributed by atoms with E-state index in [2.05, 4.69) is 5.32 Å². The molecule has 3 aromatic carbocycles. The summed E-state index contributed by atoms with van der Waals surface area (Å²) in [5.41, 5.74) is 2.04. The number of ether oxygens (including phenoxy) is 2. The quantitative estimate of drug-likeness (QED) is 0.528. The number of fused-ring (bicyclic) bond motifs is 1. The summed E-state index contributed by atoms with van der Waals surface area (Å²) in [7, 11) is 0. The van der Waals surface area contributed by atoms with Gasteiger partial charge in [-0.15, -0.1) is 0 Å². The van der Waals surface area contributed by atoms with Gasteiger partial charge in [-0.3, -0.25) is 9.59 Å². The Labute approximate surface area is 195 Å². The van der Waals surface area contributed by atoms with Crippen LogP contribution >= 0.6 is 23.2 Å². The van der Waals surface area contributed by atoms with Gasteiger partial charge in [0.1, 0.15) is 11.5 Å². The van der Waals surface area contributed by atoms with Gasteiger partial charge >= 0.3 is 0 Å². The highest BCUT2D eigenvalue weighted by Crippen LogP contribution is 2.37. The van der Waals surface area contributed by atoms with Crippen LogP contribution in [-0.2, 0) is 16.1 Å². The number of rotatable bonds is 6. The summed E-state index contributed by atoms with van der Waals surface area (Å²) < 4.78 is 11.2. The van der Waals surface area contributed by atoms with Crippen LogP contribution in [-0.4, -0.2) is 24.5 Å². The van der Waals surface area contributed by atoms with Gasteiger partial charge in [0.25, 0.3) is 11.8 Å². The van der Waals surface area contributed by atoms with Crippen LogP contribution in [0.25, 0.3) is 0 Å². The van der Waals surface area contributed by atoms with E-state index in [1.54, 1.807) is 66.4 Å². The van der Waals surface area contributed by atoms with Gasteiger partial charge in [0.2, 0.25) is 0 Å². The lowest BCUT2D eigenvalue weighted by Gasteiger charge is -2.33. The molecule has 0 saturated heterocycles. The zero-order valence-corrected chi connectivity index (χ0v) is 18.7. The molecule has 2 amide bonds. The summed E-state index contributed by atoms with van der Waals surface area (Å²) >= 11 is 11.8. The lowest BCUT2D eigenvalue weighted by Crippen LogP contribution is -2.44. The maximum atomic E-state index is 12.8. The molecule has 1 aliphatic rings. The van der Waals surface area contributed by atoms with E-state index in [4.69, 9.17) is 32.7 Å². The number of hydrogen-bond acceptors (Lipinski definition) is 4. The molecule has 1 aliphatic heterocycles. The lowest BCUT2D eigenvalue weighted by molar-refractivity contribution is -0.125. The van der Waals surface area contributed by atoms with E-state index in [1.165, 1.54) is 0 Å². The van der Waals surface area contributed by atoms with Crippen LogP contribution in [0.4, 0.5) is 11.4 Å². The molecule has 8 heteroatoms. The van der Waals surface area contributed by atoms with E-state index in [1.807, 2.05) is 12.1 Å². The molecule has 1 N–H and O–H groups in total. The number of nitrogens with one attached hydrogen (secondary N) is 1. The molecule has 1 atom stereocenters. The van der Waals surface area contributed by atoms with E-state index in [0.717, 1.165) is 5.56 Å². The normalized spacial score (nSPS) is 15.0. The van der Waals surface area contributed by atoms with Gasteiger partial charge < -0.3 is 19.7 Å². The van der Waals surface area contributed by atoms with Crippen molar-refractivity contribution in [2.75, 3.05) is 16.8 Å². The molecule has 3 aromatic rings. The first-order chi connectivity index (χ1) is 15.4. The Morgan fingerprint density at radius 3 is 2.38 bits per heavy atom. The van der Waals surface area contributed by atoms with Crippen molar-refractivity contribution in [3.63, 3.8) is 0 Å². The standard InChI is InChI=1S/C24H20Cl2N2O4/c1-15-24(30)28(13-16-2-4-17(25)5-3-16)21-12-19(8-11-22(21)32-15)27-23(29)14-31-20-9-6-18(26)7-10-20/h2-12,15H,13-14H2,1H3,(H,27,29). The number of nitrogens with zero attached hydrogens (tertiary/aromatic N) is 1. The molecule has 6 nitrogen and oxygen atoms in total. The summed E-state index contributed by atoms with van der Waals surface area (Å²) in [5, 5.41) is 4.01. The minimum atomic E-state index is -0.608. The highest BCUT2D eigenvalue weighted by atomic mass is 35.5. The summed E-state index contributed by atoms with van der Waals surface area (Å²) in [6.45, 7) is 1.90. The highest BCUT2D eigenvalue weighted by molar-refractivity contribution is 6.30.